The second-order valence-electron chi connectivity index (χ2n) is 4.99. The second-order valence-corrected chi connectivity index (χ2v) is 4.99. The van der Waals surface area contributed by atoms with Gasteiger partial charge in [0.2, 0.25) is 5.91 Å². The van der Waals surface area contributed by atoms with E-state index in [1.54, 1.807) is 17.1 Å². The van der Waals surface area contributed by atoms with Crippen molar-refractivity contribution < 1.29 is 14.7 Å². The van der Waals surface area contributed by atoms with E-state index in [0.29, 0.717) is 26.2 Å². The number of nitrogens with zero attached hydrogens (tertiary/aromatic N) is 2. The zero-order valence-corrected chi connectivity index (χ0v) is 11.4. The summed E-state index contributed by atoms with van der Waals surface area (Å²) in [5.41, 5.74) is 0. The van der Waals surface area contributed by atoms with Crippen molar-refractivity contribution in [2.24, 2.45) is 11.8 Å². The van der Waals surface area contributed by atoms with Crippen molar-refractivity contribution in [3.8, 4) is 0 Å². The monoisotopic (exact) mass is 266 g/mol. The summed E-state index contributed by atoms with van der Waals surface area (Å²) < 4.78 is 0. The van der Waals surface area contributed by atoms with E-state index in [4.69, 9.17) is 5.11 Å². The molecule has 1 saturated heterocycles. The van der Waals surface area contributed by atoms with Crippen LogP contribution in [-0.4, -0.2) is 59.5 Å². The molecule has 1 N–H and O–H groups in total. The summed E-state index contributed by atoms with van der Waals surface area (Å²) in [5, 5.41) is 9.06. The molecule has 0 saturated carbocycles. The molecule has 1 heterocycles. The Kier molecular flexibility index (Phi) is 5.76. The highest BCUT2D eigenvalue weighted by Crippen LogP contribution is 2.22. The van der Waals surface area contributed by atoms with Crippen molar-refractivity contribution in [1.82, 2.24) is 9.80 Å². The van der Waals surface area contributed by atoms with Gasteiger partial charge in [0.25, 0.3) is 0 Å². The highest BCUT2D eigenvalue weighted by Gasteiger charge is 2.35. The van der Waals surface area contributed by atoms with Crippen molar-refractivity contribution in [3.63, 3.8) is 0 Å². The first kappa shape index (κ1) is 15.4. The van der Waals surface area contributed by atoms with Crippen LogP contribution in [-0.2, 0) is 9.59 Å². The lowest BCUT2D eigenvalue weighted by Crippen LogP contribution is -2.40. The molecule has 0 aliphatic carbocycles. The number of carboxylic acid groups (broad SMARTS) is 1. The van der Waals surface area contributed by atoms with Gasteiger partial charge in [-0.15, -0.1) is 13.2 Å². The van der Waals surface area contributed by atoms with Crippen molar-refractivity contribution in [2.75, 3.05) is 32.7 Å². The van der Waals surface area contributed by atoms with E-state index in [2.05, 4.69) is 13.2 Å². The normalized spacial score (nSPS) is 23.0. The second kappa shape index (κ2) is 7.09. The fourth-order valence-corrected chi connectivity index (χ4v) is 2.40. The van der Waals surface area contributed by atoms with Crippen molar-refractivity contribution in [2.45, 2.75) is 6.92 Å². The summed E-state index contributed by atoms with van der Waals surface area (Å²) in [5.74, 6) is -1.09. The number of carbonyl (C=O) groups excluding carboxylic acids is 1. The third-order valence-corrected chi connectivity index (χ3v) is 3.42. The lowest BCUT2D eigenvalue weighted by molar-refractivity contribution is -0.142. The van der Waals surface area contributed by atoms with Crippen LogP contribution >= 0.6 is 0 Å². The molecule has 5 heteroatoms. The van der Waals surface area contributed by atoms with Crippen LogP contribution in [0.1, 0.15) is 6.92 Å². The Hall–Kier alpha value is -1.62. The molecule has 0 bridgehead atoms. The topological polar surface area (TPSA) is 60.9 Å². The first-order valence-electron chi connectivity index (χ1n) is 6.44. The largest absolute Gasteiger partial charge is 0.481 e. The number of hydrogen-bond acceptors (Lipinski definition) is 3. The van der Waals surface area contributed by atoms with E-state index in [9.17, 15) is 9.59 Å². The van der Waals surface area contributed by atoms with E-state index in [-0.39, 0.29) is 24.3 Å². The Labute approximate surface area is 114 Å². The molecule has 2 atom stereocenters. The van der Waals surface area contributed by atoms with Gasteiger partial charge in [0.05, 0.1) is 12.5 Å². The predicted octanol–water partition coefficient (Wildman–Crippen LogP) is 0.839. The third kappa shape index (κ3) is 4.21. The molecule has 1 aliphatic heterocycles. The third-order valence-electron chi connectivity index (χ3n) is 3.42. The van der Waals surface area contributed by atoms with E-state index >= 15 is 0 Å². The molecule has 19 heavy (non-hydrogen) atoms. The summed E-state index contributed by atoms with van der Waals surface area (Å²) in [7, 11) is 0. The van der Waals surface area contributed by atoms with Gasteiger partial charge >= 0.3 is 5.97 Å². The molecule has 0 radical (unpaired) electrons. The molecule has 0 aromatic carbocycles. The molecular formula is C14H22N2O3. The molecule has 106 valence electrons. The van der Waals surface area contributed by atoms with E-state index in [0.717, 1.165) is 0 Å². The van der Waals surface area contributed by atoms with E-state index in [1.807, 2.05) is 11.8 Å². The average molecular weight is 266 g/mol. The molecule has 0 aromatic heterocycles. The molecular weight excluding hydrogens is 244 g/mol. The van der Waals surface area contributed by atoms with Gasteiger partial charge in [-0.25, -0.2) is 0 Å². The summed E-state index contributed by atoms with van der Waals surface area (Å²) >= 11 is 0. The van der Waals surface area contributed by atoms with Crippen LogP contribution in [0, 0.1) is 11.8 Å². The number of carboxylic acids is 1. The number of likely N-dealkylation sites (tertiary alicyclic amines) is 1. The molecule has 1 amide bonds. The maximum Gasteiger partial charge on any atom is 0.308 e. The maximum atomic E-state index is 12.1. The van der Waals surface area contributed by atoms with Crippen LogP contribution < -0.4 is 0 Å². The zero-order valence-electron chi connectivity index (χ0n) is 11.4. The maximum absolute atomic E-state index is 12.1. The van der Waals surface area contributed by atoms with Crippen LogP contribution in [0.5, 0.6) is 0 Å². The first-order valence-corrected chi connectivity index (χ1v) is 6.44. The van der Waals surface area contributed by atoms with Gasteiger partial charge in [0, 0.05) is 26.2 Å². The van der Waals surface area contributed by atoms with Crippen LogP contribution in [0.25, 0.3) is 0 Å². The van der Waals surface area contributed by atoms with Gasteiger partial charge in [-0.05, 0) is 5.92 Å². The minimum atomic E-state index is -0.781. The molecule has 1 aliphatic rings. The minimum absolute atomic E-state index is 0.0157. The number of hydrogen-bond donors (Lipinski definition) is 1. The van der Waals surface area contributed by atoms with Crippen molar-refractivity contribution in [3.05, 3.63) is 25.3 Å². The molecule has 0 spiro atoms. The smallest absolute Gasteiger partial charge is 0.308 e. The zero-order chi connectivity index (χ0) is 14.4. The molecule has 1 rings (SSSR count). The summed E-state index contributed by atoms with van der Waals surface area (Å²) in [4.78, 5) is 26.7. The number of rotatable bonds is 7. The van der Waals surface area contributed by atoms with E-state index < -0.39 is 5.97 Å². The van der Waals surface area contributed by atoms with E-state index in [1.165, 1.54) is 0 Å². The van der Waals surface area contributed by atoms with Gasteiger partial charge in [0.15, 0.2) is 0 Å². The Bertz CT molecular complexity index is 358. The number of aliphatic carboxylic acids is 1. The molecule has 1 fully saturated rings. The van der Waals surface area contributed by atoms with Crippen LogP contribution in [0.15, 0.2) is 25.3 Å². The standard InChI is InChI=1S/C14H22N2O3/c1-4-6-16(7-5-2)13(17)10-15-8-11(3)12(9-15)14(18)19/h4-5,11-12H,1-2,6-10H2,3H3,(H,18,19)/t11-,12-/m1/s1. The lowest BCUT2D eigenvalue weighted by atomic mass is 9.99. The lowest BCUT2D eigenvalue weighted by Gasteiger charge is -2.23. The highest BCUT2D eigenvalue weighted by molar-refractivity contribution is 5.79. The summed E-state index contributed by atoms with van der Waals surface area (Å²) in [6.07, 6.45) is 3.35. The van der Waals surface area contributed by atoms with Crippen molar-refractivity contribution in [1.29, 1.82) is 0 Å². The van der Waals surface area contributed by atoms with Crippen LogP contribution in [0.4, 0.5) is 0 Å². The number of carbonyl (C=O) groups is 2. The predicted molar refractivity (Wildman–Crippen MR) is 73.7 cm³/mol. The minimum Gasteiger partial charge on any atom is -0.481 e. The average Bonchev–Trinajstić information content (AvgIpc) is 2.70. The number of amides is 1. The summed E-state index contributed by atoms with van der Waals surface area (Å²) in [6, 6.07) is 0. The molecule has 5 nitrogen and oxygen atoms in total. The quantitative estimate of drug-likeness (QED) is 0.694. The van der Waals surface area contributed by atoms with Crippen LogP contribution in [0.2, 0.25) is 0 Å². The summed E-state index contributed by atoms with van der Waals surface area (Å²) in [6.45, 7) is 11.5. The van der Waals surface area contributed by atoms with Crippen LogP contribution in [0.3, 0.4) is 0 Å². The van der Waals surface area contributed by atoms with Gasteiger partial charge in [-0.3, -0.25) is 14.5 Å². The van der Waals surface area contributed by atoms with Gasteiger partial charge in [-0.2, -0.15) is 0 Å². The van der Waals surface area contributed by atoms with Gasteiger partial charge in [-0.1, -0.05) is 19.1 Å². The highest BCUT2D eigenvalue weighted by atomic mass is 16.4. The first-order chi connectivity index (χ1) is 8.99. The van der Waals surface area contributed by atoms with Gasteiger partial charge in [0.1, 0.15) is 0 Å². The Morgan fingerprint density at radius 1 is 1.32 bits per heavy atom. The Morgan fingerprint density at radius 3 is 2.32 bits per heavy atom. The fourth-order valence-electron chi connectivity index (χ4n) is 2.40. The fraction of sp³-hybridized carbons (Fsp3) is 0.571. The molecule has 0 aromatic rings. The van der Waals surface area contributed by atoms with Gasteiger partial charge < -0.3 is 10.0 Å². The van der Waals surface area contributed by atoms with Crippen molar-refractivity contribution >= 4 is 11.9 Å². The Balaban J connectivity index is 2.55. The molecule has 0 unspecified atom stereocenters. The SMILES string of the molecule is C=CCN(CC=C)C(=O)CN1C[C@@H](C)[C@H](C(=O)O)C1. The Morgan fingerprint density at radius 2 is 1.89 bits per heavy atom.